The molecule has 0 saturated carbocycles. The van der Waals surface area contributed by atoms with E-state index in [0.717, 1.165) is 19.6 Å². The Morgan fingerprint density at radius 2 is 1.92 bits per heavy atom. The van der Waals surface area contributed by atoms with Crippen LogP contribution >= 0.6 is 11.9 Å². The standard InChI is InChI=1S/C18H35N3O2S/c1-5-6-11-24-21-9-7-16(8-10-21)19-12-15-13-20(14-15)17(22)23-18(2,3)4/h15-16,19H,5-14H2,1-4H3. The molecule has 0 spiro atoms. The van der Waals surface area contributed by atoms with Crippen LogP contribution in [0.15, 0.2) is 0 Å². The summed E-state index contributed by atoms with van der Waals surface area (Å²) in [5.74, 6) is 1.84. The van der Waals surface area contributed by atoms with Crippen LogP contribution in [-0.4, -0.2) is 65.4 Å². The molecule has 0 aromatic carbocycles. The predicted octanol–water partition coefficient (Wildman–Crippen LogP) is 3.36. The van der Waals surface area contributed by atoms with E-state index in [1.807, 2.05) is 37.6 Å². The fourth-order valence-electron chi connectivity index (χ4n) is 3.03. The molecule has 24 heavy (non-hydrogen) atoms. The molecule has 5 nitrogen and oxygen atoms in total. The molecule has 2 aliphatic rings. The fourth-order valence-corrected chi connectivity index (χ4v) is 4.18. The molecular formula is C18H35N3O2S. The number of likely N-dealkylation sites (tertiary alicyclic amines) is 1. The average molecular weight is 358 g/mol. The van der Waals surface area contributed by atoms with Crippen LogP contribution in [-0.2, 0) is 4.74 Å². The maximum Gasteiger partial charge on any atom is 0.410 e. The topological polar surface area (TPSA) is 44.8 Å². The lowest BCUT2D eigenvalue weighted by molar-refractivity contribution is -0.00123. The summed E-state index contributed by atoms with van der Waals surface area (Å²) >= 11 is 2.02. The first kappa shape index (κ1) is 19.9. The molecule has 0 aliphatic carbocycles. The number of hydrogen-bond donors (Lipinski definition) is 1. The molecule has 2 heterocycles. The van der Waals surface area contributed by atoms with E-state index in [9.17, 15) is 4.79 Å². The molecule has 2 saturated heterocycles. The number of carbonyl (C=O) groups is 1. The molecule has 0 atom stereocenters. The molecule has 0 radical (unpaired) electrons. The van der Waals surface area contributed by atoms with Crippen molar-refractivity contribution >= 4 is 18.0 Å². The van der Waals surface area contributed by atoms with Gasteiger partial charge in [0.2, 0.25) is 0 Å². The second-order valence-corrected chi connectivity index (χ2v) is 9.23. The Hall–Kier alpha value is -0.460. The lowest BCUT2D eigenvalue weighted by Crippen LogP contribution is -2.55. The van der Waals surface area contributed by atoms with Gasteiger partial charge in [-0.2, -0.15) is 0 Å². The van der Waals surface area contributed by atoms with Gasteiger partial charge in [-0.05, 0) is 40.0 Å². The molecule has 0 unspecified atom stereocenters. The van der Waals surface area contributed by atoms with Crippen LogP contribution in [0.3, 0.4) is 0 Å². The zero-order valence-corrected chi connectivity index (χ0v) is 16.7. The normalized spacial score (nSPS) is 20.9. The molecule has 140 valence electrons. The van der Waals surface area contributed by atoms with E-state index in [0.29, 0.717) is 12.0 Å². The Bertz CT molecular complexity index is 386. The van der Waals surface area contributed by atoms with Crippen LogP contribution in [0, 0.1) is 5.92 Å². The molecular weight excluding hydrogens is 322 g/mol. The summed E-state index contributed by atoms with van der Waals surface area (Å²) in [5, 5.41) is 3.70. The largest absolute Gasteiger partial charge is 0.444 e. The molecule has 6 heteroatoms. The van der Waals surface area contributed by atoms with Gasteiger partial charge in [0.05, 0.1) is 0 Å². The second-order valence-electron chi connectivity index (χ2n) is 8.05. The summed E-state index contributed by atoms with van der Waals surface area (Å²) in [4.78, 5) is 13.7. The third-order valence-electron chi connectivity index (χ3n) is 4.53. The van der Waals surface area contributed by atoms with Gasteiger partial charge in [0, 0.05) is 50.4 Å². The highest BCUT2D eigenvalue weighted by atomic mass is 32.2. The van der Waals surface area contributed by atoms with Crippen LogP contribution < -0.4 is 5.32 Å². The SMILES string of the molecule is CCCCSN1CCC(NCC2CN(C(=O)OC(C)(C)C)C2)CC1. The van der Waals surface area contributed by atoms with Crippen molar-refractivity contribution in [3.8, 4) is 0 Å². The quantitative estimate of drug-likeness (QED) is 0.559. The van der Waals surface area contributed by atoms with Gasteiger partial charge in [-0.15, -0.1) is 0 Å². The van der Waals surface area contributed by atoms with Crippen molar-refractivity contribution in [1.29, 1.82) is 0 Å². The van der Waals surface area contributed by atoms with E-state index >= 15 is 0 Å². The summed E-state index contributed by atoms with van der Waals surface area (Å²) in [6.07, 6.45) is 4.91. The van der Waals surface area contributed by atoms with Crippen molar-refractivity contribution in [2.75, 3.05) is 38.5 Å². The van der Waals surface area contributed by atoms with Crippen molar-refractivity contribution in [3.63, 3.8) is 0 Å². The number of unbranched alkanes of at least 4 members (excludes halogenated alkanes) is 1. The molecule has 1 N–H and O–H groups in total. The van der Waals surface area contributed by atoms with Crippen LogP contribution in [0.1, 0.15) is 53.4 Å². The average Bonchev–Trinajstić information content (AvgIpc) is 2.45. The van der Waals surface area contributed by atoms with Crippen molar-refractivity contribution in [3.05, 3.63) is 0 Å². The third-order valence-corrected chi connectivity index (χ3v) is 5.73. The van der Waals surface area contributed by atoms with Crippen LogP contribution in [0.5, 0.6) is 0 Å². The Labute approximate surface area is 152 Å². The van der Waals surface area contributed by atoms with E-state index in [1.165, 1.54) is 44.5 Å². The van der Waals surface area contributed by atoms with Gasteiger partial charge >= 0.3 is 6.09 Å². The molecule has 2 rings (SSSR count). The van der Waals surface area contributed by atoms with Gasteiger partial charge in [-0.25, -0.2) is 4.79 Å². The van der Waals surface area contributed by atoms with Gasteiger partial charge in [0.1, 0.15) is 5.60 Å². The Morgan fingerprint density at radius 3 is 2.50 bits per heavy atom. The number of piperidine rings is 1. The smallest absolute Gasteiger partial charge is 0.410 e. The lowest BCUT2D eigenvalue weighted by atomic mass is 9.99. The van der Waals surface area contributed by atoms with Crippen LogP contribution in [0.4, 0.5) is 4.79 Å². The first-order valence-corrected chi connectivity index (χ1v) is 10.4. The van der Waals surface area contributed by atoms with Crippen molar-refractivity contribution in [2.45, 2.75) is 65.0 Å². The summed E-state index contributed by atoms with van der Waals surface area (Å²) in [6, 6.07) is 0.642. The minimum Gasteiger partial charge on any atom is -0.444 e. The van der Waals surface area contributed by atoms with E-state index < -0.39 is 5.60 Å². The van der Waals surface area contributed by atoms with Gasteiger partial charge in [-0.3, -0.25) is 4.31 Å². The molecule has 0 bridgehead atoms. The zero-order chi connectivity index (χ0) is 17.6. The van der Waals surface area contributed by atoms with Crippen molar-refractivity contribution in [2.24, 2.45) is 5.92 Å². The predicted molar refractivity (Wildman–Crippen MR) is 101 cm³/mol. The molecule has 1 amide bonds. The van der Waals surface area contributed by atoms with Gasteiger partial charge in [-0.1, -0.05) is 25.3 Å². The number of nitrogens with one attached hydrogen (secondary N) is 1. The van der Waals surface area contributed by atoms with Gasteiger partial charge in [0.25, 0.3) is 0 Å². The first-order valence-electron chi connectivity index (χ1n) is 9.46. The zero-order valence-electron chi connectivity index (χ0n) is 15.8. The maximum atomic E-state index is 11.9. The Balaban J connectivity index is 1.53. The van der Waals surface area contributed by atoms with Gasteiger partial charge in [0.15, 0.2) is 0 Å². The number of amides is 1. The number of hydrogen-bond acceptors (Lipinski definition) is 5. The third kappa shape index (κ3) is 6.81. The van der Waals surface area contributed by atoms with Gasteiger partial charge < -0.3 is 15.0 Å². The Kier molecular flexibility index (Phi) is 7.69. The van der Waals surface area contributed by atoms with E-state index in [1.54, 1.807) is 0 Å². The molecule has 2 aliphatic heterocycles. The molecule has 0 aromatic heterocycles. The highest BCUT2D eigenvalue weighted by Crippen LogP contribution is 2.22. The number of rotatable bonds is 7. The van der Waals surface area contributed by atoms with Crippen molar-refractivity contribution in [1.82, 2.24) is 14.5 Å². The minimum atomic E-state index is -0.399. The van der Waals surface area contributed by atoms with Crippen LogP contribution in [0.2, 0.25) is 0 Å². The summed E-state index contributed by atoms with van der Waals surface area (Å²) in [5.41, 5.74) is -0.399. The molecule has 2 fully saturated rings. The number of ether oxygens (including phenoxy) is 1. The fraction of sp³-hybridized carbons (Fsp3) is 0.944. The summed E-state index contributed by atoms with van der Waals surface area (Å²) in [6.45, 7) is 13.1. The van der Waals surface area contributed by atoms with E-state index in [4.69, 9.17) is 4.74 Å². The van der Waals surface area contributed by atoms with E-state index in [-0.39, 0.29) is 6.09 Å². The van der Waals surface area contributed by atoms with Crippen LogP contribution in [0.25, 0.3) is 0 Å². The number of nitrogens with zero attached hydrogens (tertiary/aromatic N) is 2. The highest BCUT2D eigenvalue weighted by molar-refractivity contribution is 7.97. The van der Waals surface area contributed by atoms with Crippen molar-refractivity contribution < 1.29 is 9.53 Å². The second kappa shape index (κ2) is 9.30. The maximum absolute atomic E-state index is 11.9. The highest BCUT2D eigenvalue weighted by Gasteiger charge is 2.33. The number of carbonyl (C=O) groups excluding carboxylic acids is 1. The summed E-state index contributed by atoms with van der Waals surface area (Å²) in [7, 11) is 0. The monoisotopic (exact) mass is 357 g/mol. The summed E-state index contributed by atoms with van der Waals surface area (Å²) < 4.78 is 7.92. The lowest BCUT2D eigenvalue weighted by Gasteiger charge is -2.41. The van der Waals surface area contributed by atoms with E-state index in [2.05, 4.69) is 16.5 Å². The minimum absolute atomic E-state index is 0.170. The molecule has 0 aromatic rings. The first-order chi connectivity index (χ1) is 11.4. The Morgan fingerprint density at radius 1 is 1.25 bits per heavy atom.